The van der Waals surface area contributed by atoms with E-state index in [9.17, 15) is 23.2 Å². The molecule has 8 heteroatoms. The van der Waals surface area contributed by atoms with Gasteiger partial charge in [-0.25, -0.2) is 13.6 Å². The van der Waals surface area contributed by atoms with E-state index in [1.165, 1.54) is 0 Å². The highest BCUT2D eigenvalue weighted by Gasteiger charge is 2.38. The van der Waals surface area contributed by atoms with Gasteiger partial charge in [0, 0.05) is 13.0 Å². The van der Waals surface area contributed by atoms with Crippen molar-refractivity contribution >= 4 is 23.5 Å². The molecule has 1 aromatic carbocycles. The summed E-state index contributed by atoms with van der Waals surface area (Å²) in [4.78, 5) is 35.5. The van der Waals surface area contributed by atoms with Gasteiger partial charge in [0.2, 0.25) is 11.8 Å². The lowest BCUT2D eigenvalue weighted by molar-refractivity contribution is -0.123. The maximum atomic E-state index is 14.0. The van der Waals surface area contributed by atoms with E-state index in [4.69, 9.17) is 5.73 Å². The third kappa shape index (κ3) is 2.56. The van der Waals surface area contributed by atoms with Crippen LogP contribution in [0.2, 0.25) is 0 Å². The molecule has 0 aromatic heterocycles. The highest BCUT2D eigenvalue weighted by molar-refractivity contribution is 6.05. The topological polar surface area (TPSA) is 89.7 Å². The van der Waals surface area contributed by atoms with Crippen LogP contribution >= 0.6 is 0 Å². The molecule has 0 aliphatic carbocycles. The second-order valence-electron chi connectivity index (χ2n) is 4.55. The quantitative estimate of drug-likeness (QED) is 0.827. The van der Waals surface area contributed by atoms with Crippen LogP contribution in [-0.4, -0.2) is 31.4 Å². The summed E-state index contributed by atoms with van der Waals surface area (Å²) in [6.45, 7) is -0.210. The largest absolute Gasteiger partial charge is 0.465 e. The zero-order valence-electron chi connectivity index (χ0n) is 11.1. The van der Waals surface area contributed by atoms with E-state index in [2.05, 4.69) is 4.74 Å². The molecule has 0 bridgehead atoms. The first-order valence-electron chi connectivity index (χ1n) is 6.02. The van der Waals surface area contributed by atoms with Crippen molar-refractivity contribution in [2.75, 3.05) is 18.6 Å². The summed E-state index contributed by atoms with van der Waals surface area (Å²) in [5.74, 6) is -5.25. The van der Waals surface area contributed by atoms with E-state index in [0.29, 0.717) is 0 Å². The summed E-state index contributed by atoms with van der Waals surface area (Å²) in [5.41, 5.74) is 3.90. The Morgan fingerprint density at radius 1 is 1.33 bits per heavy atom. The monoisotopic (exact) mass is 298 g/mol. The normalized spacial score (nSPS) is 18.0. The minimum atomic E-state index is -1.11. The van der Waals surface area contributed by atoms with Crippen LogP contribution in [0.15, 0.2) is 12.1 Å². The molecular weight excluding hydrogens is 286 g/mol. The SMILES string of the molecule is COC(=O)c1c(F)ccc(F)c1N1CC(C(N)=O)CC1=O. The second-order valence-corrected chi connectivity index (χ2v) is 4.55. The van der Waals surface area contributed by atoms with Gasteiger partial charge in [-0.1, -0.05) is 0 Å². The number of halogens is 2. The summed E-state index contributed by atoms with van der Waals surface area (Å²) in [6, 6.07) is 1.55. The van der Waals surface area contributed by atoms with Crippen LogP contribution in [0.4, 0.5) is 14.5 Å². The molecule has 0 saturated carbocycles. The fourth-order valence-electron chi connectivity index (χ4n) is 2.22. The molecule has 1 heterocycles. The number of hydrogen-bond acceptors (Lipinski definition) is 4. The van der Waals surface area contributed by atoms with Crippen molar-refractivity contribution in [2.45, 2.75) is 6.42 Å². The molecule has 2 N–H and O–H groups in total. The molecule has 112 valence electrons. The molecule has 1 saturated heterocycles. The molecule has 2 rings (SSSR count). The van der Waals surface area contributed by atoms with Crippen molar-refractivity contribution in [1.82, 2.24) is 0 Å². The summed E-state index contributed by atoms with van der Waals surface area (Å²) in [7, 11) is 1.01. The van der Waals surface area contributed by atoms with Gasteiger partial charge in [0.1, 0.15) is 17.2 Å². The fourth-order valence-corrected chi connectivity index (χ4v) is 2.22. The predicted octanol–water partition coefficient (Wildman–Crippen LogP) is 0.590. The Hall–Kier alpha value is -2.51. The number of methoxy groups -OCH3 is 1. The molecule has 2 amide bonds. The smallest absolute Gasteiger partial charge is 0.343 e. The number of nitrogens with two attached hydrogens (primary N) is 1. The van der Waals surface area contributed by atoms with Gasteiger partial charge in [0.25, 0.3) is 0 Å². The van der Waals surface area contributed by atoms with E-state index < -0.39 is 46.6 Å². The average Bonchev–Trinajstić information content (AvgIpc) is 2.82. The Kier molecular flexibility index (Phi) is 3.88. The Morgan fingerprint density at radius 3 is 2.48 bits per heavy atom. The summed E-state index contributed by atoms with van der Waals surface area (Å²) in [5, 5.41) is 0. The number of anilines is 1. The molecule has 1 aliphatic rings. The number of carbonyl (C=O) groups is 3. The van der Waals surface area contributed by atoms with Crippen LogP contribution in [0.1, 0.15) is 16.8 Å². The first-order valence-corrected chi connectivity index (χ1v) is 6.02. The molecule has 0 spiro atoms. The van der Waals surface area contributed by atoms with Crippen molar-refractivity contribution in [3.63, 3.8) is 0 Å². The van der Waals surface area contributed by atoms with Crippen LogP contribution < -0.4 is 10.6 Å². The van der Waals surface area contributed by atoms with Gasteiger partial charge in [-0.15, -0.1) is 0 Å². The summed E-state index contributed by atoms with van der Waals surface area (Å²) >= 11 is 0. The molecule has 0 radical (unpaired) electrons. The molecule has 1 fully saturated rings. The maximum Gasteiger partial charge on any atom is 0.343 e. The highest BCUT2D eigenvalue weighted by atomic mass is 19.1. The lowest BCUT2D eigenvalue weighted by atomic mass is 10.1. The lowest BCUT2D eigenvalue weighted by Crippen LogP contribution is -2.30. The number of esters is 1. The highest BCUT2D eigenvalue weighted by Crippen LogP contribution is 2.32. The molecule has 1 aliphatic heterocycles. The van der Waals surface area contributed by atoms with Crippen molar-refractivity contribution in [2.24, 2.45) is 11.7 Å². The third-order valence-corrected chi connectivity index (χ3v) is 3.26. The Balaban J connectivity index is 2.53. The zero-order valence-corrected chi connectivity index (χ0v) is 11.1. The van der Waals surface area contributed by atoms with Gasteiger partial charge in [0.15, 0.2) is 0 Å². The Bertz CT molecular complexity index is 633. The molecule has 1 unspecified atom stereocenters. The third-order valence-electron chi connectivity index (χ3n) is 3.26. The Morgan fingerprint density at radius 2 is 1.95 bits per heavy atom. The minimum Gasteiger partial charge on any atom is -0.465 e. The maximum absolute atomic E-state index is 14.0. The molecule has 21 heavy (non-hydrogen) atoms. The van der Waals surface area contributed by atoms with Crippen molar-refractivity contribution in [1.29, 1.82) is 0 Å². The number of carbonyl (C=O) groups excluding carboxylic acids is 3. The van der Waals surface area contributed by atoms with E-state index in [1.54, 1.807) is 0 Å². The zero-order chi connectivity index (χ0) is 15.7. The molecular formula is C13H12F2N2O4. The van der Waals surface area contributed by atoms with Crippen molar-refractivity contribution in [3.05, 3.63) is 29.3 Å². The van der Waals surface area contributed by atoms with Crippen LogP contribution in [0.5, 0.6) is 0 Å². The number of primary amides is 1. The summed E-state index contributed by atoms with van der Waals surface area (Å²) < 4.78 is 32.2. The number of nitrogens with zero attached hydrogens (tertiary/aromatic N) is 1. The van der Waals surface area contributed by atoms with Gasteiger partial charge in [-0.2, -0.15) is 0 Å². The van der Waals surface area contributed by atoms with Crippen LogP contribution in [-0.2, 0) is 14.3 Å². The number of hydrogen-bond donors (Lipinski definition) is 1. The van der Waals surface area contributed by atoms with Crippen LogP contribution in [0.25, 0.3) is 0 Å². The second kappa shape index (κ2) is 5.47. The van der Waals surface area contributed by atoms with Gasteiger partial charge in [-0.05, 0) is 12.1 Å². The molecule has 1 aromatic rings. The first-order chi connectivity index (χ1) is 9.86. The van der Waals surface area contributed by atoms with Crippen molar-refractivity contribution < 1.29 is 27.9 Å². The standard InChI is InChI=1S/C13H12F2N2O4/c1-21-13(20)10-7(14)2-3-8(15)11(10)17-5-6(12(16)19)4-9(17)18/h2-3,6H,4-5H2,1H3,(H2,16,19). The van der Waals surface area contributed by atoms with E-state index in [1.807, 2.05) is 0 Å². The van der Waals surface area contributed by atoms with Gasteiger partial charge >= 0.3 is 5.97 Å². The van der Waals surface area contributed by atoms with Gasteiger partial charge < -0.3 is 15.4 Å². The molecule has 6 nitrogen and oxygen atoms in total. The lowest BCUT2D eigenvalue weighted by Gasteiger charge is -2.20. The van der Waals surface area contributed by atoms with Crippen molar-refractivity contribution in [3.8, 4) is 0 Å². The Labute approximate surface area is 118 Å². The first kappa shape index (κ1) is 14.9. The van der Waals surface area contributed by atoms with E-state index >= 15 is 0 Å². The number of amides is 2. The van der Waals surface area contributed by atoms with E-state index in [0.717, 1.165) is 24.1 Å². The summed E-state index contributed by atoms with van der Waals surface area (Å²) in [6.07, 6.45) is -0.216. The number of benzene rings is 1. The average molecular weight is 298 g/mol. The van der Waals surface area contributed by atoms with E-state index in [-0.39, 0.29) is 13.0 Å². The predicted molar refractivity (Wildman–Crippen MR) is 67.4 cm³/mol. The van der Waals surface area contributed by atoms with Gasteiger partial charge in [-0.3, -0.25) is 9.59 Å². The van der Waals surface area contributed by atoms with Crippen LogP contribution in [0, 0.1) is 17.6 Å². The van der Waals surface area contributed by atoms with Crippen LogP contribution in [0.3, 0.4) is 0 Å². The number of ether oxygens (including phenoxy) is 1. The number of rotatable bonds is 3. The van der Waals surface area contributed by atoms with Gasteiger partial charge in [0.05, 0.1) is 18.7 Å². The fraction of sp³-hybridized carbons (Fsp3) is 0.308. The molecule has 1 atom stereocenters. The minimum absolute atomic E-state index is 0.210.